The van der Waals surface area contributed by atoms with E-state index in [9.17, 15) is 4.79 Å². The largest absolute Gasteiger partial charge is 0.473 e. The quantitative estimate of drug-likeness (QED) is 0.581. The van der Waals surface area contributed by atoms with Crippen LogP contribution in [0.4, 0.5) is 0 Å². The lowest BCUT2D eigenvalue weighted by Gasteiger charge is -2.31. The number of para-hydroxylation sites is 1. The van der Waals surface area contributed by atoms with E-state index < -0.39 is 0 Å². The first-order valence-electron chi connectivity index (χ1n) is 9.64. The number of hydrogen-bond donors (Lipinski definition) is 1. The average Bonchev–Trinajstić information content (AvgIpc) is 3.44. The number of aromatic amines is 1. The van der Waals surface area contributed by atoms with Crippen LogP contribution in [0.15, 0.2) is 60.9 Å². The van der Waals surface area contributed by atoms with Crippen LogP contribution in [0.1, 0.15) is 23.3 Å². The van der Waals surface area contributed by atoms with Gasteiger partial charge in [-0.05, 0) is 24.3 Å². The molecule has 0 saturated carbocycles. The molecule has 1 N–H and O–H groups in total. The third-order valence-corrected chi connectivity index (χ3v) is 5.14. The summed E-state index contributed by atoms with van der Waals surface area (Å²) in [5.41, 5.74) is 1.61. The number of piperidine rings is 1. The first-order valence-corrected chi connectivity index (χ1v) is 9.64. The van der Waals surface area contributed by atoms with Gasteiger partial charge in [0.25, 0.3) is 5.91 Å². The third kappa shape index (κ3) is 3.56. The van der Waals surface area contributed by atoms with E-state index in [0.717, 1.165) is 23.7 Å². The van der Waals surface area contributed by atoms with Crippen molar-refractivity contribution < 1.29 is 9.53 Å². The number of nitrogens with one attached hydrogen (secondary N) is 1. The van der Waals surface area contributed by atoms with Gasteiger partial charge in [0, 0.05) is 55.3 Å². The molecule has 8 heteroatoms. The number of rotatable bonds is 4. The van der Waals surface area contributed by atoms with E-state index in [4.69, 9.17) is 4.74 Å². The molecule has 1 amide bonds. The Kier molecular flexibility index (Phi) is 4.44. The normalized spacial score (nSPS) is 15.0. The van der Waals surface area contributed by atoms with Gasteiger partial charge in [-0.2, -0.15) is 5.10 Å². The van der Waals surface area contributed by atoms with Crippen LogP contribution in [0.2, 0.25) is 0 Å². The van der Waals surface area contributed by atoms with E-state index in [0.29, 0.717) is 30.5 Å². The Bertz CT molecular complexity index is 1080. The highest BCUT2D eigenvalue weighted by molar-refractivity contribution is 5.98. The van der Waals surface area contributed by atoms with E-state index in [1.807, 2.05) is 53.6 Å². The molecular weight excluding hydrogens is 368 g/mol. The number of H-pyrrole nitrogens is 1. The lowest BCUT2D eigenvalue weighted by atomic mass is 10.1. The van der Waals surface area contributed by atoms with Crippen molar-refractivity contribution in [2.24, 2.45) is 0 Å². The monoisotopic (exact) mass is 388 g/mol. The Labute approximate surface area is 167 Å². The predicted molar refractivity (Wildman–Crippen MR) is 107 cm³/mol. The van der Waals surface area contributed by atoms with Gasteiger partial charge in [0.15, 0.2) is 5.82 Å². The molecule has 4 heterocycles. The Morgan fingerprint density at radius 2 is 1.93 bits per heavy atom. The molecule has 3 aromatic heterocycles. The van der Waals surface area contributed by atoms with Gasteiger partial charge < -0.3 is 14.6 Å². The average molecular weight is 388 g/mol. The molecular formula is C21H20N6O2. The minimum Gasteiger partial charge on any atom is -0.473 e. The fourth-order valence-corrected chi connectivity index (χ4v) is 3.61. The summed E-state index contributed by atoms with van der Waals surface area (Å²) in [4.78, 5) is 17.9. The first kappa shape index (κ1) is 17.4. The Balaban J connectivity index is 1.18. The molecule has 0 spiro atoms. The molecule has 1 aromatic carbocycles. The topological polar surface area (TPSA) is 88.9 Å². The highest BCUT2D eigenvalue weighted by atomic mass is 16.5. The smallest absolute Gasteiger partial charge is 0.270 e. The van der Waals surface area contributed by atoms with Gasteiger partial charge in [0.2, 0.25) is 5.88 Å². The van der Waals surface area contributed by atoms with Crippen LogP contribution in [0.25, 0.3) is 16.7 Å². The van der Waals surface area contributed by atoms with E-state index >= 15 is 0 Å². The van der Waals surface area contributed by atoms with Crippen LogP contribution in [0.3, 0.4) is 0 Å². The van der Waals surface area contributed by atoms with Gasteiger partial charge >= 0.3 is 0 Å². The molecule has 29 heavy (non-hydrogen) atoms. The Hall–Kier alpha value is -3.68. The van der Waals surface area contributed by atoms with Crippen molar-refractivity contribution in [3.8, 4) is 11.7 Å². The minimum atomic E-state index is 0.0200. The fraction of sp³-hybridized carbons (Fsp3) is 0.238. The second kappa shape index (κ2) is 7.38. The number of benzene rings is 1. The second-order valence-electron chi connectivity index (χ2n) is 7.06. The molecule has 4 aromatic rings. The summed E-state index contributed by atoms with van der Waals surface area (Å²) in [5, 5.41) is 13.5. The predicted octanol–water partition coefficient (Wildman–Crippen LogP) is 2.83. The van der Waals surface area contributed by atoms with E-state index in [-0.39, 0.29) is 12.0 Å². The molecule has 0 atom stereocenters. The number of nitrogens with zero attached hydrogens (tertiary/aromatic N) is 5. The van der Waals surface area contributed by atoms with Crippen molar-refractivity contribution in [2.45, 2.75) is 18.9 Å². The van der Waals surface area contributed by atoms with Crippen LogP contribution >= 0.6 is 0 Å². The molecule has 146 valence electrons. The van der Waals surface area contributed by atoms with Crippen LogP contribution < -0.4 is 4.74 Å². The number of hydrogen-bond acceptors (Lipinski definition) is 5. The van der Waals surface area contributed by atoms with Crippen molar-refractivity contribution in [1.29, 1.82) is 0 Å². The SMILES string of the molecule is O=C(c1cc2ccccc2[nH]1)N1CCC(Oc2ccc(-n3cccn3)nn2)CC1. The van der Waals surface area contributed by atoms with Crippen LogP contribution in [-0.4, -0.2) is 55.0 Å². The zero-order valence-electron chi connectivity index (χ0n) is 15.7. The van der Waals surface area contributed by atoms with Gasteiger partial charge in [0.1, 0.15) is 11.8 Å². The molecule has 5 rings (SSSR count). The standard InChI is InChI=1S/C21H20N6O2/c28-21(18-14-15-4-1-2-5-17(15)23-18)26-12-8-16(9-13-26)29-20-7-6-19(24-25-20)27-11-3-10-22-27/h1-7,10-11,14,16,23H,8-9,12-13H2. The molecule has 1 aliphatic rings. The van der Waals surface area contributed by atoms with Gasteiger partial charge in [-0.3, -0.25) is 4.79 Å². The van der Waals surface area contributed by atoms with Crippen molar-refractivity contribution in [1.82, 2.24) is 29.9 Å². The summed E-state index contributed by atoms with van der Waals surface area (Å²) in [5.74, 6) is 1.16. The van der Waals surface area contributed by atoms with Crippen molar-refractivity contribution in [2.75, 3.05) is 13.1 Å². The maximum Gasteiger partial charge on any atom is 0.270 e. The molecule has 8 nitrogen and oxygen atoms in total. The van der Waals surface area contributed by atoms with Gasteiger partial charge in [-0.15, -0.1) is 10.2 Å². The van der Waals surface area contributed by atoms with Crippen LogP contribution in [0, 0.1) is 0 Å². The third-order valence-electron chi connectivity index (χ3n) is 5.14. The summed E-state index contributed by atoms with van der Waals surface area (Å²) in [6.45, 7) is 1.30. The number of likely N-dealkylation sites (tertiary alicyclic amines) is 1. The lowest BCUT2D eigenvalue weighted by molar-refractivity contribution is 0.0581. The van der Waals surface area contributed by atoms with Crippen molar-refractivity contribution in [3.63, 3.8) is 0 Å². The second-order valence-corrected chi connectivity index (χ2v) is 7.06. The number of aromatic nitrogens is 5. The highest BCUT2D eigenvalue weighted by Gasteiger charge is 2.26. The van der Waals surface area contributed by atoms with E-state index in [2.05, 4.69) is 20.3 Å². The molecule has 0 unspecified atom stereocenters. The number of carbonyl (C=O) groups is 1. The number of amides is 1. The van der Waals surface area contributed by atoms with Crippen molar-refractivity contribution >= 4 is 16.8 Å². The lowest BCUT2D eigenvalue weighted by Crippen LogP contribution is -2.42. The molecule has 0 radical (unpaired) electrons. The maximum absolute atomic E-state index is 12.8. The summed E-state index contributed by atoms with van der Waals surface area (Å²) in [6.07, 6.45) is 5.04. The van der Waals surface area contributed by atoms with Gasteiger partial charge in [-0.25, -0.2) is 4.68 Å². The highest BCUT2D eigenvalue weighted by Crippen LogP contribution is 2.21. The van der Waals surface area contributed by atoms with E-state index in [1.54, 1.807) is 16.9 Å². The molecule has 1 aliphatic heterocycles. The minimum absolute atomic E-state index is 0.0200. The molecule has 1 saturated heterocycles. The summed E-state index contributed by atoms with van der Waals surface area (Å²) in [6, 6.07) is 15.3. The maximum atomic E-state index is 12.8. The summed E-state index contributed by atoms with van der Waals surface area (Å²) in [7, 11) is 0. The zero-order valence-corrected chi connectivity index (χ0v) is 15.7. The Morgan fingerprint density at radius 3 is 2.66 bits per heavy atom. The van der Waals surface area contributed by atoms with E-state index in [1.165, 1.54) is 0 Å². The van der Waals surface area contributed by atoms with Crippen LogP contribution in [-0.2, 0) is 0 Å². The first-order chi connectivity index (χ1) is 14.3. The van der Waals surface area contributed by atoms with Gasteiger partial charge in [-0.1, -0.05) is 18.2 Å². The summed E-state index contributed by atoms with van der Waals surface area (Å²) >= 11 is 0. The fourth-order valence-electron chi connectivity index (χ4n) is 3.61. The van der Waals surface area contributed by atoms with Gasteiger partial charge in [0.05, 0.1) is 0 Å². The van der Waals surface area contributed by atoms with Crippen LogP contribution in [0.5, 0.6) is 5.88 Å². The Morgan fingerprint density at radius 1 is 1.07 bits per heavy atom. The number of ether oxygens (including phenoxy) is 1. The number of fused-ring (bicyclic) bond motifs is 1. The number of carbonyl (C=O) groups excluding carboxylic acids is 1. The van der Waals surface area contributed by atoms with Crippen molar-refractivity contribution in [3.05, 3.63) is 66.6 Å². The summed E-state index contributed by atoms with van der Waals surface area (Å²) < 4.78 is 7.60. The molecule has 0 bridgehead atoms. The zero-order chi connectivity index (χ0) is 19.6. The molecule has 1 fully saturated rings. The molecule has 0 aliphatic carbocycles.